The maximum Gasteiger partial charge on any atom is 0.272 e. The van der Waals surface area contributed by atoms with Gasteiger partial charge in [0.1, 0.15) is 17.3 Å². The summed E-state index contributed by atoms with van der Waals surface area (Å²) >= 11 is 0. The van der Waals surface area contributed by atoms with E-state index in [-0.39, 0.29) is 29.1 Å². The third-order valence-electron chi connectivity index (χ3n) is 4.78. The number of para-hydroxylation sites is 1. The van der Waals surface area contributed by atoms with Crippen molar-refractivity contribution in [1.82, 2.24) is 14.9 Å². The number of hydrogen-bond donors (Lipinski definition) is 0. The summed E-state index contributed by atoms with van der Waals surface area (Å²) < 4.78 is 23.5. The van der Waals surface area contributed by atoms with Gasteiger partial charge in [-0.15, -0.1) is 0 Å². The number of nitrogens with zero attached hydrogens (tertiary/aromatic N) is 4. The third kappa shape index (κ3) is 4.27. The molecule has 1 fully saturated rings. The van der Waals surface area contributed by atoms with Crippen LogP contribution in [-0.2, 0) is 9.84 Å². The normalized spacial score (nSPS) is 18.3. The zero-order valence-corrected chi connectivity index (χ0v) is 16.6. The molecule has 8 heteroatoms. The molecule has 1 saturated heterocycles. The van der Waals surface area contributed by atoms with Gasteiger partial charge in [-0.1, -0.05) is 18.2 Å². The minimum Gasteiger partial charge on any atom is -0.336 e. The molecule has 0 saturated carbocycles. The first-order valence-electron chi connectivity index (χ1n) is 8.96. The van der Waals surface area contributed by atoms with E-state index in [4.69, 9.17) is 0 Å². The molecule has 0 spiro atoms. The Morgan fingerprint density at radius 3 is 2.52 bits per heavy atom. The number of anilines is 2. The van der Waals surface area contributed by atoms with E-state index in [0.29, 0.717) is 24.6 Å². The Kier molecular flexibility index (Phi) is 5.46. The van der Waals surface area contributed by atoms with Crippen LogP contribution in [-0.4, -0.2) is 60.3 Å². The molecule has 1 amide bonds. The SMILES string of the molecule is CCN(c1ccccc1)c1cc(C(=O)N(C)C2CCS(=O)(=O)C2)nc(C)n1. The van der Waals surface area contributed by atoms with E-state index in [1.54, 1.807) is 20.0 Å². The second-order valence-corrected chi connectivity index (χ2v) is 8.94. The Balaban J connectivity index is 1.90. The lowest BCUT2D eigenvalue weighted by Gasteiger charge is -2.25. The molecule has 27 heavy (non-hydrogen) atoms. The Morgan fingerprint density at radius 1 is 1.22 bits per heavy atom. The summed E-state index contributed by atoms with van der Waals surface area (Å²) in [6.45, 7) is 4.45. The van der Waals surface area contributed by atoms with Crippen LogP contribution >= 0.6 is 0 Å². The van der Waals surface area contributed by atoms with E-state index in [9.17, 15) is 13.2 Å². The number of aromatic nitrogens is 2. The number of carbonyl (C=O) groups excluding carboxylic acids is 1. The number of sulfone groups is 1. The first-order chi connectivity index (χ1) is 12.8. The van der Waals surface area contributed by atoms with Crippen molar-refractivity contribution < 1.29 is 13.2 Å². The van der Waals surface area contributed by atoms with Gasteiger partial charge in [-0.25, -0.2) is 18.4 Å². The molecule has 1 aliphatic rings. The molecule has 3 rings (SSSR count). The van der Waals surface area contributed by atoms with Gasteiger partial charge in [0, 0.05) is 31.4 Å². The fraction of sp³-hybridized carbons (Fsp3) is 0.421. The van der Waals surface area contributed by atoms with Crippen molar-refractivity contribution >= 4 is 27.2 Å². The van der Waals surface area contributed by atoms with Crippen molar-refractivity contribution in [3.63, 3.8) is 0 Å². The van der Waals surface area contributed by atoms with Crippen LogP contribution in [0.4, 0.5) is 11.5 Å². The summed E-state index contributed by atoms with van der Waals surface area (Å²) in [6, 6.07) is 11.2. The molecule has 2 aromatic rings. The highest BCUT2D eigenvalue weighted by Gasteiger charge is 2.33. The van der Waals surface area contributed by atoms with E-state index < -0.39 is 9.84 Å². The maximum atomic E-state index is 12.9. The summed E-state index contributed by atoms with van der Waals surface area (Å²) in [4.78, 5) is 25.2. The summed E-state index contributed by atoms with van der Waals surface area (Å²) in [6.07, 6.45) is 0.465. The fourth-order valence-corrected chi connectivity index (χ4v) is 5.09. The van der Waals surface area contributed by atoms with Crippen LogP contribution in [0, 0.1) is 6.92 Å². The average Bonchev–Trinajstić information content (AvgIpc) is 3.01. The highest BCUT2D eigenvalue weighted by molar-refractivity contribution is 7.91. The predicted molar refractivity (Wildman–Crippen MR) is 105 cm³/mol. The molecule has 1 atom stereocenters. The van der Waals surface area contributed by atoms with Crippen molar-refractivity contribution in [2.24, 2.45) is 0 Å². The van der Waals surface area contributed by atoms with Gasteiger partial charge in [0.2, 0.25) is 0 Å². The summed E-state index contributed by atoms with van der Waals surface area (Å²) in [5.74, 6) is 0.996. The first-order valence-corrected chi connectivity index (χ1v) is 10.8. The quantitative estimate of drug-likeness (QED) is 0.781. The Labute approximate surface area is 160 Å². The number of aryl methyl sites for hydroxylation is 1. The van der Waals surface area contributed by atoms with Gasteiger partial charge in [-0.2, -0.15) is 0 Å². The average molecular weight is 388 g/mol. The van der Waals surface area contributed by atoms with Crippen molar-refractivity contribution in [1.29, 1.82) is 0 Å². The monoisotopic (exact) mass is 388 g/mol. The Morgan fingerprint density at radius 2 is 1.93 bits per heavy atom. The van der Waals surface area contributed by atoms with Gasteiger partial charge < -0.3 is 9.80 Å². The van der Waals surface area contributed by atoms with E-state index in [0.717, 1.165) is 5.69 Å². The van der Waals surface area contributed by atoms with Crippen LogP contribution in [0.2, 0.25) is 0 Å². The molecule has 144 valence electrons. The largest absolute Gasteiger partial charge is 0.336 e. The molecular formula is C19H24N4O3S. The molecule has 0 aliphatic carbocycles. The summed E-state index contributed by atoms with van der Waals surface area (Å²) in [7, 11) is -1.42. The van der Waals surface area contributed by atoms with Crippen LogP contribution in [0.15, 0.2) is 36.4 Å². The number of hydrogen-bond acceptors (Lipinski definition) is 6. The lowest BCUT2D eigenvalue weighted by atomic mass is 10.2. The van der Waals surface area contributed by atoms with Crippen LogP contribution in [0.5, 0.6) is 0 Å². The maximum absolute atomic E-state index is 12.9. The number of amides is 1. The van der Waals surface area contributed by atoms with E-state index in [2.05, 4.69) is 9.97 Å². The fourth-order valence-electron chi connectivity index (χ4n) is 3.31. The standard InChI is InChI=1S/C19H24N4O3S/c1-4-23(15-8-6-5-7-9-15)18-12-17(20-14(2)21-18)19(24)22(3)16-10-11-27(25,26)13-16/h5-9,12,16H,4,10-11,13H2,1-3H3. The number of carbonyl (C=O) groups is 1. The van der Waals surface area contributed by atoms with Gasteiger partial charge >= 0.3 is 0 Å². The zero-order chi connectivity index (χ0) is 19.6. The van der Waals surface area contributed by atoms with Gasteiger partial charge in [-0.05, 0) is 32.4 Å². The smallest absolute Gasteiger partial charge is 0.272 e. The summed E-state index contributed by atoms with van der Waals surface area (Å²) in [5.41, 5.74) is 1.26. The van der Waals surface area contributed by atoms with E-state index in [1.165, 1.54) is 4.90 Å². The van der Waals surface area contributed by atoms with Gasteiger partial charge in [0.25, 0.3) is 5.91 Å². The molecular weight excluding hydrogens is 364 g/mol. The third-order valence-corrected chi connectivity index (χ3v) is 6.53. The second kappa shape index (κ2) is 7.64. The van der Waals surface area contributed by atoms with Crippen LogP contribution < -0.4 is 4.90 Å². The molecule has 1 unspecified atom stereocenters. The highest BCUT2D eigenvalue weighted by atomic mass is 32.2. The Hall–Kier alpha value is -2.48. The van der Waals surface area contributed by atoms with Crippen LogP contribution in [0.25, 0.3) is 0 Å². The number of benzene rings is 1. The topological polar surface area (TPSA) is 83.5 Å². The van der Waals surface area contributed by atoms with Crippen molar-refractivity contribution in [2.45, 2.75) is 26.3 Å². The highest BCUT2D eigenvalue weighted by Crippen LogP contribution is 2.25. The van der Waals surface area contributed by atoms with Crippen LogP contribution in [0.1, 0.15) is 29.7 Å². The van der Waals surface area contributed by atoms with E-state index >= 15 is 0 Å². The van der Waals surface area contributed by atoms with Crippen molar-refractivity contribution in [2.75, 3.05) is 30.0 Å². The lowest BCUT2D eigenvalue weighted by Crippen LogP contribution is -2.38. The second-order valence-electron chi connectivity index (χ2n) is 6.71. The molecule has 1 aliphatic heterocycles. The molecule has 0 N–H and O–H groups in total. The van der Waals surface area contributed by atoms with Gasteiger partial charge in [-0.3, -0.25) is 4.79 Å². The predicted octanol–water partition coefficient (Wildman–Crippen LogP) is 2.20. The van der Waals surface area contributed by atoms with Crippen molar-refractivity contribution in [3.05, 3.63) is 47.9 Å². The molecule has 7 nitrogen and oxygen atoms in total. The minimum atomic E-state index is -3.06. The molecule has 1 aromatic heterocycles. The minimum absolute atomic E-state index is 0.0112. The molecule has 0 bridgehead atoms. The number of rotatable bonds is 5. The first kappa shape index (κ1) is 19.3. The van der Waals surface area contributed by atoms with Crippen LogP contribution in [0.3, 0.4) is 0 Å². The zero-order valence-electron chi connectivity index (χ0n) is 15.8. The van der Waals surface area contributed by atoms with Crippen molar-refractivity contribution in [3.8, 4) is 0 Å². The molecule has 1 aromatic carbocycles. The van der Waals surface area contributed by atoms with E-state index in [1.807, 2.05) is 42.2 Å². The summed E-state index contributed by atoms with van der Waals surface area (Å²) in [5, 5.41) is 0. The molecule has 0 radical (unpaired) electrons. The van der Waals surface area contributed by atoms with Gasteiger partial charge in [0.05, 0.1) is 11.5 Å². The Bertz CT molecular complexity index is 931. The molecule has 2 heterocycles. The van der Waals surface area contributed by atoms with Gasteiger partial charge in [0.15, 0.2) is 9.84 Å². The lowest BCUT2D eigenvalue weighted by molar-refractivity contribution is 0.0741.